The van der Waals surface area contributed by atoms with Crippen LogP contribution in [-0.4, -0.2) is 13.8 Å². The maximum absolute atomic E-state index is 4.97. The number of nitrogens with zero attached hydrogens (tertiary/aromatic N) is 2. The lowest BCUT2D eigenvalue weighted by atomic mass is 10.2. The standard InChI is InChI=1S/C7H4N2S3/c10-7(11)4-2-1-3-5-6(4)12-9-8-5/h1-3H,(H,10,11). The van der Waals surface area contributed by atoms with Crippen molar-refractivity contribution in [1.82, 2.24) is 9.59 Å². The fourth-order valence-electron chi connectivity index (χ4n) is 0.973. The van der Waals surface area contributed by atoms with E-state index in [2.05, 4.69) is 22.2 Å². The predicted octanol–water partition coefficient (Wildman–Crippen LogP) is 2.30. The van der Waals surface area contributed by atoms with E-state index in [-0.39, 0.29) is 0 Å². The molecule has 0 N–H and O–H groups in total. The summed E-state index contributed by atoms with van der Waals surface area (Å²) in [6, 6.07) is 5.74. The van der Waals surface area contributed by atoms with E-state index in [1.54, 1.807) is 0 Å². The van der Waals surface area contributed by atoms with Crippen LogP contribution in [0.2, 0.25) is 0 Å². The van der Waals surface area contributed by atoms with Crippen LogP contribution in [0.3, 0.4) is 0 Å². The van der Waals surface area contributed by atoms with Crippen LogP contribution in [-0.2, 0) is 0 Å². The molecule has 0 saturated heterocycles. The molecule has 2 rings (SSSR count). The Hall–Kier alpha value is -0.520. The molecule has 0 fully saturated rings. The van der Waals surface area contributed by atoms with Crippen molar-refractivity contribution >= 4 is 50.8 Å². The minimum Gasteiger partial charge on any atom is -0.138 e. The van der Waals surface area contributed by atoms with Gasteiger partial charge in [-0.3, -0.25) is 0 Å². The first kappa shape index (κ1) is 8.10. The van der Waals surface area contributed by atoms with Gasteiger partial charge in [0.2, 0.25) is 0 Å². The number of aromatic nitrogens is 2. The number of thiocarbonyl (C=S) groups is 1. The quantitative estimate of drug-likeness (QED) is 0.580. The third-order valence-electron chi connectivity index (χ3n) is 1.51. The lowest BCUT2D eigenvalue weighted by molar-refractivity contribution is 1.20. The molecular formula is C7H4N2S3. The second kappa shape index (κ2) is 3.08. The molecular weight excluding hydrogens is 208 g/mol. The smallest absolute Gasteiger partial charge is 0.106 e. The summed E-state index contributed by atoms with van der Waals surface area (Å²) in [5.41, 5.74) is 1.83. The summed E-state index contributed by atoms with van der Waals surface area (Å²) in [4.78, 5) is 0. The van der Waals surface area contributed by atoms with Crippen LogP contribution < -0.4 is 0 Å². The van der Waals surface area contributed by atoms with Crippen molar-refractivity contribution in [2.45, 2.75) is 0 Å². The number of rotatable bonds is 1. The highest BCUT2D eigenvalue weighted by Crippen LogP contribution is 2.21. The Kier molecular flexibility index (Phi) is 2.08. The topological polar surface area (TPSA) is 25.8 Å². The van der Waals surface area contributed by atoms with Gasteiger partial charge in [0.15, 0.2) is 0 Å². The van der Waals surface area contributed by atoms with Crippen LogP contribution in [0, 0.1) is 0 Å². The maximum Gasteiger partial charge on any atom is 0.106 e. The SMILES string of the molecule is S=C(S)c1cccc2nnsc12. The van der Waals surface area contributed by atoms with Gasteiger partial charge in [-0.05, 0) is 17.6 Å². The molecule has 1 aromatic heterocycles. The van der Waals surface area contributed by atoms with Crippen LogP contribution in [0.1, 0.15) is 5.56 Å². The Labute approximate surface area is 84.2 Å². The van der Waals surface area contributed by atoms with Crippen molar-refractivity contribution in [3.05, 3.63) is 23.8 Å². The lowest BCUT2D eigenvalue weighted by Gasteiger charge is -1.95. The van der Waals surface area contributed by atoms with E-state index in [0.29, 0.717) is 4.20 Å². The molecule has 0 aliphatic heterocycles. The first-order valence-electron chi connectivity index (χ1n) is 3.23. The Bertz CT molecular complexity index is 435. The molecule has 0 unspecified atom stereocenters. The molecule has 0 spiro atoms. The van der Waals surface area contributed by atoms with Gasteiger partial charge < -0.3 is 0 Å². The molecule has 2 nitrogen and oxygen atoms in total. The Morgan fingerprint density at radius 2 is 2.33 bits per heavy atom. The molecule has 0 aliphatic carbocycles. The van der Waals surface area contributed by atoms with Crippen molar-refractivity contribution in [3.63, 3.8) is 0 Å². The van der Waals surface area contributed by atoms with E-state index < -0.39 is 0 Å². The third kappa shape index (κ3) is 1.24. The second-order valence-electron chi connectivity index (χ2n) is 2.23. The molecule has 0 atom stereocenters. The van der Waals surface area contributed by atoms with E-state index in [1.807, 2.05) is 18.2 Å². The van der Waals surface area contributed by atoms with Gasteiger partial charge >= 0.3 is 0 Å². The number of benzene rings is 1. The van der Waals surface area contributed by atoms with Crippen LogP contribution in [0.15, 0.2) is 18.2 Å². The zero-order chi connectivity index (χ0) is 8.55. The van der Waals surface area contributed by atoms with E-state index in [1.165, 1.54) is 11.5 Å². The van der Waals surface area contributed by atoms with E-state index in [9.17, 15) is 0 Å². The van der Waals surface area contributed by atoms with Gasteiger partial charge in [-0.25, -0.2) is 0 Å². The molecule has 5 heteroatoms. The molecule has 12 heavy (non-hydrogen) atoms. The highest BCUT2D eigenvalue weighted by atomic mass is 32.1. The minimum absolute atomic E-state index is 0.589. The van der Waals surface area contributed by atoms with Gasteiger partial charge in [-0.2, -0.15) is 0 Å². The summed E-state index contributed by atoms with van der Waals surface area (Å²) in [6.45, 7) is 0. The van der Waals surface area contributed by atoms with Crippen LogP contribution >= 0.6 is 36.4 Å². The highest BCUT2D eigenvalue weighted by Gasteiger charge is 2.05. The summed E-state index contributed by atoms with van der Waals surface area (Å²) < 4.78 is 5.44. The van der Waals surface area contributed by atoms with Gasteiger partial charge in [0.25, 0.3) is 0 Å². The van der Waals surface area contributed by atoms with E-state index >= 15 is 0 Å². The Morgan fingerprint density at radius 1 is 1.50 bits per heavy atom. The van der Waals surface area contributed by atoms with Gasteiger partial charge in [-0.1, -0.05) is 28.8 Å². The zero-order valence-corrected chi connectivity index (χ0v) is 8.42. The normalized spacial score (nSPS) is 10.4. The monoisotopic (exact) mass is 212 g/mol. The molecule has 2 aromatic rings. The van der Waals surface area contributed by atoms with E-state index in [4.69, 9.17) is 12.2 Å². The number of fused-ring (bicyclic) bond motifs is 1. The number of thiol groups is 1. The van der Waals surface area contributed by atoms with Crippen molar-refractivity contribution in [2.24, 2.45) is 0 Å². The lowest BCUT2D eigenvalue weighted by Crippen LogP contribution is -1.85. The largest absolute Gasteiger partial charge is 0.138 e. The second-order valence-corrected chi connectivity index (χ2v) is 4.14. The van der Waals surface area contributed by atoms with E-state index in [0.717, 1.165) is 15.8 Å². The minimum atomic E-state index is 0.589. The van der Waals surface area contributed by atoms with Crippen molar-refractivity contribution in [3.8, 4) is 0 Å². The van der Waals surface area contributed by atoms with Crippen LogP contribution in [0.4, 0.5) is 0 Å². The molecule has 1 heterocycles. The number of hydrogen-bond acceptors (Lipinski definition) is 4. The third-order valence-corrected chi connectivity index (χ3v) is 2.74. The van der Waals surface area contributed by atoms with Crippen LogP contribution in [0.5, 0.6) is 0 Å². The highest BCUT2D eigenvalue weighted by molar-refractivity contribution is 8.11. The summed E-state index contributed by atoms with van der Waals surface area (Å²) in [6.07, 6.45) is 0. The Morgan fingerprint density at radius 3 is 3.08 bits per heavy atom. The van der Waals surface area contributed by atoms with Gasteiger partial charge in [0.05, 0.1) is 8.90 Å². The van der Waals surface area contributed by atoms with Gasteiger partial charge in [-0.15, -0.1) is 17.7 Å². The molecule has 0 bridgehead atoms. The maximum atomic E-state index is 4.97. The molecule has 0 radical (unpaired) electrons. The summed E-state index contributed by atoms with van der Waals surface area (Å²) in [7, 11) is 0. The summed E-state index contributed by atoms with van der Waals surface area (Å²) in [5.74, 6) is 0. The van der Waals surface area contributed by atoms with Crippen molar-refractivity contribution < 1.29 is 0 Å². The molecule has 60 valence electrons. The Balaban J connectivity index is 2.82. The predicted molar refractivity (Wildman–Crippen MR) is 58.1 cm³/mol. The van der Waals surface area contributed by atoms with Gasteiger partial charge in [0, 0.05) is 5.56 Å². The molecule has 0 amide bonds. The fourth-order valence-corrected chi connectivity index (χ4v) is 2.15. The first-order valence-corrected chi connectivity index (χ1v) is 4.86. The molecule has 0 saturated carbocycles. The molecule has 0 aliphatic rings. The average Bonchev–Trinajstić information content (AvgIpc) is 2.49. The zero-order valence-electron chi connectivity index (χ0n) is 5.89. The summed E-state index contributed by atoms with van der Waals surface area (Å²) >= 11 is 10.4. The fraction of sp³-hybridized carbons (Fsp3) is 0. The van der Waals surface area contributed by atoms with Crippen molar-refractivity contribution in [2.75, 3.05) is 0 Å². The molecule has 1 aromatic carbocycles. The van der Waals surface area contributed by atoms with Crippen LogP contribution in [0.25, 0.3) is 10.2 Å². The number of hydrogen-bond donors (Lipinski definition) is 1. The van der Waals surface area contributed by atoms with Crippen molar-refractivity contribution in [1.29, 1.82) is 0 Å². The first-order chi connectivity index (χ1) is 5.79. The average molecular weight is 212 g/mol. The summed E-state index contributed by atoms with van der Waals surface area (Å²) in [5, 5.41) is 3.94. The van der Waals surface area contributed by atoms with Gasteiger partial charge in [0.1, 0.15) is 5.52 Å².